The topological polar surface area (TPSA) is 69.6 Å². The lowest BCUT2D eigenvalue weighted by molar-refractivity contribution is -0.155. The van der Waals surface area contributed by atoms with E-state index in [1.165, 1.54) is 0 Å². The molecule has 0 saturated heterocycles. The van der Waals surface area contributed by atoms with Crippen molar-refractivity contribution in [3.8, 4) is 0 Å². The van der Waals surface area contributed by atoms with Gasteiger partial charge in [0.2, 0.25) is 0 Å². The van der Waals surface area contributed by atoms with Gasteiger partial charge in [-0.05, 0) is 19.1 Å². The molecule has 0 spiro atoms. The van der Waals surface area contributed by atoms with Crippen LogP contribution in [-0.4, -0.2) is 28.3 Å². The van der Waals surface area contributed by atoms with Crippen molar-refractivity contribution in [1.82, 2.24) is 0 Å². The van der Waals surface area contributed by atoms with Crippen LogP contribution in [0.4, 0.5) is 14.5 Å². The first-order valence-corrected chi connectivity index (χ1v) is 4.47. The summed E-state index contributed by atoms with van der Waals surface area (Å²) < 4.78 is 25.6. The summed E-state index contributed by atoms with van der Waals surface area (Å²) in [5.41, 5.74) is -2.08. The molecule has 0 aromatic heterocycles. The number of aliphatic hydroxyl groups is 1. The molecule has 6 heteroatoms. The molecule has 0 heterocycles. The van der Waals surface area contributed by atoms with Crippen LogP contribution in [0.2, 0.25) is 0 Å². The molecule has 1 rings (SSSR count). The summed E-state index contributed by atoms with van der Waals surface area (Å²) in [6, 6.07) is 2.82. The fourth-order valence-corrected chi connectivity index (χ4v) is 0.976. The molecule has 3 N–H and O–H groups in total. The summed E-state index contributed by atoms with van der Waals surface area (Å²) in [6.45, 7) is 0.689. The third-order valence-electron chi connectivity index (χ3n) is 2.01. The number of hydrogen-bond acceptors (Lipinski definition) is 3. The average molecular weight is 231 g/mol. The molecular weight excluding hydrogens is 220 g/mol. The maximum absolute atomic E-state index is 13.1. The van der Waals surface area contributed by atoms with Crippen molar-refractivity contribution >= 4 is 11.7 Å². The van der Waals surface area contributed by atoms with Crippen LogP contribution in [0.5, 0.6) is 0 Å². The number of nitrogens with one attached hydrogen (secondary N) is 1. The van der Waals surface area contributed by atoms with E-state index < -0.39 is 23.2 Å². The van der Waals surface area contributed by atoms with Crippen molar-refractivity contribution in [2.45, 2.75) is 12.5 Å². The van der Waals surface area contributed by atoms with Crippen molar-refractivity contribution in [3.63, 3.8) is 0 Å². The van der Waals surface area contributed by atoms with Crippen LogP contribution in [0, 0.1) is 11.6 Å². The van der Waals surface area contributed by atoms with E-state index in [0.29, 0.717) is 6.07 Å². The van der Waals surface area contributed by atoms with Gasteiger partial charge >= 0.3 is 5.97 Å². The van der Waals surface area contributed by atoms with Gasteiger partial charge in [-0.1, -0.05) is 0 Å². The lowest BCUT2D eigenvalue weighted by Gasteiger charge is -2.19. The average Bonchev–Trinajstić information content (AvgIpc) is 2.16. The second-order valence-corrected chi connectivity index (χ2v) is 3.56. The molecule has 1 aromatic rings. The van der Waals surface area contributed by atoms with Crippen molar-refractivity contribution in [3.05, 3.63) is 29.8 Å². The Balaban J connectivity index is 2.72. The van der Waals surface area contributed by atoms with Crippen molar-refractivity contribution in [2.24, 2.45) is 0 Å². The molecule has 0 bridgehead atoms. The van der Waals surface area contributed by atoms with E-state index in [1.54, 1.807) is 0 Å². The van der Waals surface area contributed by atoms with Gasteiger partial charge < -0.3 is 15.5 Å². The van der Waals surface area contributed by atoms with Gasteiger partial charge in [-0.2, -0.15) is 0 Å². The van der Waals surface area contributed by atoms with E-state index in [1.807, 2.05) is 0 Å². The number of halogens is 2. The minimum absolute atomic E-state index is 0.0667. The number of benzene rings is 1. The maximum Gasteiger partial charge on any atom is 0.337 e. The fraction of sp³-hybridized carbons (Fsp3) is 0.300. The molecular formula is C10H11F2NO3. The molecule has 0 aliphatic carbocycles. The highest BCUT2D eigenvalue weighted by atomic mass is 19.1. The van der Waals surface area contributed by atoms with Gasteiger partial charge in [-0.15, -0.1) is 0 Å². The normalized spacial score (nSPS) is 14.2. The van der Waals surface area contributed by atoms with Gasteiger partial charge in [0.1, 0.15) is 11.6 Å². The Morgan fingerprint density at radius 3 is 2.62 bits per heavy atom. The SMILES string of the molecule is CC(O)(CNc1ccc(F)cc1F)C(=O)O. The van der Waals surface area contributed by atoms with Crippen molar-refractivity contribution in [1.29, 1.82) is 0 Å². The Morgan fingerprint density at radius 2 is 2.12 bits per heavy atom. The highest BCUT2D eigenvalue weighted by Crippen LogP contribution is 2.16. The molecule has 88 valence electrons. The molecule has 0 saturated carbocycles. The fourth-order valence-electron chi connectivity index (χ4n) is 0.976. The second kappa shape index (κ2) is 4.44. The van der Waals surface area contributed by atoms with Gasteiger partial charge in [-0.25, -0.2) is 13.6 Å². The third-order valence-corrected chi connectivity index (χ3v) is 2.01. The molecule has 16 heavy (non-hydrogen) atoms. The number of carboxylic acids is 1. The number of carboxylic acid groups (broad SMARTS) is 1. The molecule has 0 aliphatic rings. The quantitative estimate of drug-likeness (QED) is 0.728. The van der Waals surface area contributed by atoms with Gasteiger partial charge in [-0.3, -0.25) is 0 Å². The largest absolute Gasteiger partial charge is 0.479 e. The van der Waals surface area contributed by atoms with E-state index in [2.05, 4.69) is 5.32 Å². The zero-order chi connectivity index (χ0) is 12.3. The van der Waals surface area contributed by atoms with E-state index in [-0.39, 0.29) is 12.2 Å². The van der Waals surface area contributed by atoms with Crippen LogP contribution in [0.1, 0.15) is 6.92 Å². The number of hydrogen-bond donors (Lipinski definition) is 3. The van der Waals surface area contributed by atoms with Gasteiger partial charge in [0.05, 0.1) is 12.2 Å². The summed E-state index contributed by atoms with van der Waals surface area (Å²) in [5, 5.41) is 20.3. The zero-order valence-electron chi connectivity index (χ0n) is 8.50. The number of rotatable bonds is 4. The first-order valence-electron chi connectivity index (χ1n) is 4.47. The van der Waals surface area contributed by atoms with Crippen LogP contribution in [0.25, 0.3) is 0 Å². The monoisotopic (exact) mass is 231 g/mol. The Kier molecular flexibility index (Phi) is 3.44. The molecule has 1 aromatic carbocycles. The molecule has 0 amide bonds. The zero-order valence-corrected chi connectivity index (χ0v) is 8.50. The Morgan fingerprint density at radius 1 is 1.50 bits per heavy atom. The Hall–Kier alpha value is -1.69. The Labute approximate surface area is 90.5 Å². The second-order valence-electron chi connectivity index (χ2n) is 3.56. The van der Waals surface area contributed by atoms with E-state index in [0.717, 1.165) is 19.1 Å². The van der Waals surface area contributed by atoms with Crippen LogP contribution in [-0.2, 0) is 4.79 Å². The molecule has 4 nitrogen and oxygen atoms in total. The number of carbonyl (C=O) groups is 1. The van der Waals surface area contributed by atoms with E-state index in [9.17, 15) is 18.7 Å². The summed E-state index contributed by atoms with van der Waals surface area (Å²) in [5.74, 6) is -3.00. The predicted molar refractivity (Wildman–Crippen MR) is 53.1 cm³/mol. The smallest absolute Gasteiger partial charge is 0.337 e. The molecule has 1 unspecified atom stereocenters. The van der Waals surface area contributed by atoms with Crippen LogP contribution < -0.4 is 5.32 Å². The van der Waals surface area contributed by atoms with Gasteiger partial charge in [0.15, 0.2) is 5.60 Å². The number of aliphatic carboxylic acids is 1. The van der Waals surface area contributed by atoms with Crippen molar-refractivity contribution < 1.29 is 23.8 Å². The first kappa shape index (κ1) is 12.4. The van der Waals surface area contributed by atoms with Crippen molar-refractivity contribution in [2.75, 3.05) is 11.9 Å². The van der Waals surface area contributed by atoms with Gasteiger partial charge in [0.25, 0.3) is 0 Å². The lowest BCUT2D eigenvalue weighted by atomic mass is 10.1. The van der Waals surface area contributed by atoms with E-state index in [4.69, 9.17) is 5.11 Å². The van der Waals surface area contributed by atoms with E-state index >= 15 is 0 Å². The summed E-state index contributed by atoms with van der Waals surface area (Å²) in [4.78, 5) is 10.5. The minimum Gasteiger partial charge on any atom is -0.479 e. The standard InChI is InChI=1S/C10H11F2NO3/c1-10(16,9(14)15)5-13-8-3-2-6(11)4-7(8)12/h2-4,13,16H,5H2,1H3,(H,14,15). The van der Waals surface area contributed by atoms with Crippen LogP contribution >= 0.6 is 0 Å². The van der Waals surface area contributed by atoms with Crippen LogP contribution in [0.3, 0.4) is 0 Å². The molecule has 1 atom stereocenters. The third kappa shape index (κ3) is 2.90. The highest BCUT2D eigenvalue weighted by Gasteiger charge is 2.29. The van der Waals surface area contributed by atoms with Gasteiger partial charge in [0, 0.05) is 6.07 Å². The first-order chi connectivity index (χ1) is 7.33. The van der Waals surface area contributed by atoms with Crippen LogP contribution in [0.15, 0.2) is 18.2 Å². The molecule has 0 radical (unpaired) electrons. The summed E-state index contributed by atoms with van der Waals surface area (Å²) in [6.07, 6.45) is 0. The number of anilines is 1. The molecule has 0 aliphatic heterocycles. The maximum atomic E-state index is 13.1. The minimum atomic E-state index is -2.01. The highest BCUT2D eigenvalue weighted by molar-refractivity contribution is 5.77. The lowest BCUT2D eigenvalue weighted by Crippen LogP contribution is -2.41. The summed E-state index contributed by atoms with van der Waals surface area (Å²) >= 11 is 0. The Bertz CT molecular complexity index is 407. The predicted octanol–water partition coefficient (Wildman–Crippen LogP) is 1.21. The summed E-state index contributed by atoms with van der Waals surface area (Å²) in [7, 11) is 0. The molecule has 0 fully saturated rings.